The van der Waals surface area contributed by atoms with Gasteiger partial charge in [0, 0.05) is 18.0 Å². The third-order valence-electron chi connectivity index (χ3n) is 5.82. The Bertz CT molecular complexity index is 1430. The Labute approximate surface area is 240 Å². The van der Waals surface area contributed by atoms with Gasteiger partial charge in [0.25, 0.3) is 0 Å². The first-order valence-electron chi connectivity index (χ1n) is 12.8. The molecule has 1 atom stereocenters. The SMILES string of the molecule is CCC(=O)Oc1cccc(S(=O)(=O)c2ccc(CCN(CC(O)c3cccc(Cl)c3)C(=O)OC(C)(C)C)cc2)c1. The molecule has 10 heteroatoms. The van der Waals surface area contributed by atoms with E-state index >= 15 is 0 Å². The van der Waals surface area contributed by atoms with Crippen molar-refractivity contribution in [1.82, 2.24) is 4.90 Å². The molecule has 0 bridgehead atoms. The molecule has 0 heterocycles. The molecular weight excluding hydrogens is 554 g/mol. The number of hydrogen-bond acceptors (Lipinski definition) is 7. The Morgan fingerprint density at radius 2 is 1.65 bits per heavy atom. The van der Waals surface area contributed by atoms with E-state index in [1.807, 2.05) is 0 Å². The lowest BCUT2D eigenvalue weighted by molar-refractivity contribution is -0.134. The van der Waals surface area contributed by atoms with Crippen LogP contribution in [-0.4, -0.2) is 49.2 Å². The number of rotatable bonds is 10. The Balaban J connectivity index is 1.74. The Morgan fingerprint density at radius 3 is 2.27 bits per heavy atom. The first kappa shape index (κ1) is 31.1. The number of sulfone groups is 1. The van der Waals surface area contributed by atoms with Gasteiger partial charge in [-0.2, -0.15) is 0 Å². The van der Waals surface area contributed by atoms with Crippen molar-refractivity contribution in [1.29, 1.82) is 0 Å². The highest BCUT2D eigenvalue weighted by Crippen LogP contribution is 2.25. The second kappa shape index (κ2) is 13.3. The lowest BCUT2D eigenvalue weighted by Gasteiger charge is -2.29. The van der Waals surface area contributed by atoms with E-state index in [9.17, 15) is 23.1 Å². The highest BCUT2D eigenvalue weighted by molar-refractivity contribution is 7.91. The van der Waals surface area contributed by atoms with Crippen molar-refractivity contribution in [2.24, 2.45) is 0 Å². The van der Waals surface area contributed by atoms with Crippen molar-refractivity contribution < 1.29 is 32.6 Å². The predicted octanol–water partition coefficient (Wildman–Crippen LogP) is 6.00. The van der Waals surface area contributed by atoms with Crippen molar-refractivity contribution in [3.8, 4) is 5.75 Å². The van der Waals surface area contributed by atoms with E-state index in [-0.39, 0.29) is 35.1 Å². The van der Waals surface area contributed by atoms with Crippen LogP contribution in [0.1, 0.15) is 51.3 Å². The number of ether oxygens (including phenoxy) is 2. The molecule has 0 saturated carbocycles. The second-order valence-electron chi connectivity index (χ2n) is 10.2. The van der Waals surface area contributed by atoms with Crippen LogP contribution in [0, 0.1) is 0 Å². The van der Waals surface area contributed by atoms with Gasteiger partial charge in [-0.25, -0.2) is 13.2 Å². The van der Waals surface area contributed by atoms with Crippen LogP contribution < -0.4 is 4.74 Å². The third kappa shape index (κ3) is 8.81. The van der Waals surface area contributed by atoms with E-state index in [4.69, 9.17) is 21.1 Å². The van der Waals surface area contributed by atoms with E-state index in [1.54, 1.807) is 64.1 Å². The van der Waals surface area contributed by atoms with Crippen molar-refractivity contribution in [2.45, 2.75) is 62.0 Å². The molecule has 0 spiro atoms. The van der Waals surface area contributed by atoms with E-state index in [0.717, 1.165) is 5.56 Å². The van der Waals surface area contributed by atoms with Gasteiger partial charge >= 0.3 is 12.1 Å². The zero-order valence-corrected chi connectivity index (χ0v) is 24.5. The maximum absolute atomic E-state index is 13.2. The van der Waals surface area contributed by atoms with Gasteiger partial charge in [-0.1, -0.05) is 48.9 Å². The Kier molecular flexibility index (Phi) is 10.4. The summed E-state index contributed by atoms with van der Waals surface area (Å²) >= 11 is 6.05. The van der Waals surface area contributed by atoms with Crippen LogP contribution in [0.5, 0.6) is 5.75 Å². The Hall–Kier alpha value is -3.40. The lowest BCUT2D eigenvalue weighted by atomic mass is 10.1. The molecule has 3 rings (SSSR count). The fraction of sp³-hybridized carbons (Fsp3) is 0.333. The fourth-order valence-corrected chi connectivity index (χ4v) is 5.25. The van der Waals surface area contributed by atoms with Gasteiger partial charge in [0.2, 0.25) is 9.84 Å². The highest BCUT2D eigenvalue weighted by atomic mass is 35.5. The third-order valence-corrected chi connectivity index (χ3v) is 7.82. The summed E-state index contributed by atoms with van der Waals surface area (Å²) in [4.78, 5) is 26.0. The summed E-state index contributed by atoms with van der Waals surface area (Å²) in [5.41, 5.74) is 0.637. The van der Waals surface area contributed by atoms with Crippen molar-refractivity contribution in [3.63, 3.8) is 0 Å². The molecule has 0 aliphatic heterocycles. The molecule has 1 N–H and O–H groups in total. The van der Waals surface area contributed by atoms with Gasteiger partial charge in [0.05, 0.1) is 22.4 Å². The molecule has 3 aromatic carbocycles. The van der Waals surface area contributed by atoms with E-state index in [2.05, 4.69) is 0 Å². The summed E-state index contributed by atoms with van der Waals surface area (Å²) < 4.78 is 37.0. The van der Waals surface area contributed by atoms with Crippen LogP contribution in [0.3, 0.4) is 0 Å². The maximum atomic E-state index is 13.2. The Morgan fingerprint density at radius 1 is 0.975 bits per heavy atom. The zero-order valence-electron chi connectivity index (χ0n) is 23.0. The number of carbonyl (C=O) groups is 2. The second-order valence-corrected chi connectivity index (χ2v) is 12.6. The van der Waals surface area contributed by atoms with Gasteiger partial charge in [0.15, 0.2) is 0 Å². The molecule has 0 fully saturated rings. The van der Waals surface area contributed by atoms with Gasteiger partial charge in [-0.05, 0) is 80.8 Å². The smallest absolute Gasteiger partial charge is 0.410 e. The molecule has 0 aliphatic carbocycles. The summed E-state index contributed by atoms with van der Waals surface area (Å²) in [6.07, 6.45) is -0.990. The molecule has 3 aromatic rings. The number of hydrogen-bond donors (Lipinski definition) is 1. The van der Waals surface area contributed by atoms with Crippen LogP contribution in [0.15, 0.2) is 82.6 Å². The van der Waals surface area contributed by atoms with Crippen LogP contribution in [0.4, 0.5) is 4.79 Å². The van der Waals surface area contributed by atoms with Gasteiger partial charge in [0.1, 0.15) is 11.4 Å². The van der Waals surface area contributed by atoms with E-state index in [0.29, 0.717) is 17.0 Å². The first-order valence-corrected chi connectivity index (χ1v) is 14.7. The quantitative estimate of drug-likeness (QED) is 0.229. The number of halogens is 1. The molecule has 0 aliphatic rings. The molecule has 40 heavy (non-hydrogen) atoms. The number of nitrogens with zero attached hydrogens (tertiary/aromatic N) is 1. The molecule has 0 saturated heterocycles. The average Bonchev–Trinajstić information content (AvgIpc) is 2.90. The van der Waals surface area contributed by atoms with Gasteiger partial charge < -0.3 is 19.5 Å². The molecule has 214 valence electrons. The minimum Gasteiger partial charge on any atom is -0.444 e. The molecule has 0 radical (unpaired) electrons. The number of amides is 1. The van der Waals surface area contributed by atoms with Crippen LogP contribution in [0.25, 0.3) is 0 Å². The monoisotopic (exact) mass is 587 g/mol. The zero-order chi connectivity index (χ0) is 29.5. The predicted molar refractivity (Wildman–Crippen MR) is 152 cm³/mol. The summed E-state index contributed by atoms with van der Waals surface area (Å²) in [6, 6.07) is 18.9. The minimum absolute atomic E-state index is 0.00718. The summed E-state index contributed by atoms with van der Waals surface area (Å²) in [5, 5.41) is 11.2. The van der Waals surface area contributed by atoms with Gasteiger partial charge in [-0.15, -0.1) is 0 Å². The minimum atomic E-state index is -3.86. The number of aliphatic hydroxyl groups excluding tert-OH is 1. The highest BCUT2D eigenvalue weighted by Gasteiger charge is 2.25. The fourth-order valence-electron chi connectivity index (χ4n) is 3.76. The molecule has 8 nitrogen and oxygen atoms in total. The normalized spacial score (nSPS) is 12.4. The van der Waals surface area contributed by atoms with Crippen LogP contribution in [0.2, 0.25) is 5.02 Å². The van der Waals surface area contributed by atoms with Crippen LogP contribution in [-0.2, 0) is 25.8 Å². The molecule has 1 amide bonds. The summed E-state index contributed by atoms with van der Waals surface area (Å²) in [7, 11) is -3.86. The van der Waals surface area contributed by atoms with Gasteiger partial charge in [-0.3, -0.25) is 4.79 Å². The average molecular weight is 588 g/mol. The van der Waals surface area contributed by atoms with Crippen LogP contribution >= 0.6 is 11.6 Å². The number of carbonyl (C=O) groups excluding carboxylic acids is 2. The molecule has 0 aromatic heterocycles. The maximum Gasteiger partial charge on any atom is 0.410 e. The molecule has 1 unspecified atom stereocenters. The number of benzene rings is 3. The first-order chi connectivity index (χ1) is 18.8. The van der Waals surface area contributed by atoms with Crippen molar-refractivity contribution in [2.75, 3.05) is 13.1 Å². The summed E-state index contributed by atoms with van der Waals surface area (Å²) in [5.74, 6) is -0.300. The summed E-state index contributed by atoms with van der Waals surface area (Å²) in [6.45, 7) is 7.15. The largest absolute Gasteiger partial charge is 0.444 e. The van der Waals surface area contributed by atoms with E-state index in [1.165, 1.54) is 41.3 Å². The number of esters is 1. The topological polar surface area (TPSA) is 110 Å². The van der Waals surface area contributed by atoms with Crippen molar-refractivity contribution >= 4 is 33.5 Å². The van der Waals surface area contributed by atoms with Crippen molar-refractivity contribution in [3.05, 3.63) is 88.9 Å². The molecular formula is C30H34ClNO7S. The number of aliphatic hydroxyl groups is 1. The van der Waals surface area contributed by atoms with E-state index < -0.39 is 33.6 Å². The lowest BCUT2D eigenvalue weighted by Crippen LogP contribution is -2.40. The standard InChI is InChI=1S/C30H34ClNO7S/c1-5-28(34)38-24-10-7-11-26(19-24)40(36,37)25-14-12-21(13-15-25)16-17-32(29(35)39-30(2,3)4)20-27(33)22-8-6-9-23(31)18-22/h6-15,18-19,27,33H,5,16-17,20H2,1-4H3.